The monoisotopic (exact) mass is 214 g/mol. The van der Waals surface area contributed by atoms with Crippen molar-refractivity contribution in [1.82, 2.24) is 15.0 Å². The van der Waals surface area contributed by atoms with E-state index in [1.54, 1.807) is 4.68 Å². The van der Waals surface area contributed by atoms with Gasteiger partial charge in [0.1, 0.15) is 5.69 Å². The minimum Gasteiger partial charge on any atom is -0.325 e. The fourth-order valence-electron chi connectivity index (χ4n) is 1.50. The first kappa shape index (κ1) is 10.6. The smallest absolute Gasteiger partial charge is 0.104 e. The molecule has 1 aromatic heterocycles. The molecule has 4 heteroatoms. The highest BCUT2D eigenvalue weighted by Crippen LogP contribution is 2.09. The summed E-state index contributed by atoms with van der Waals surface area (Å²) in [6.45, 7) is 0.405. The molecule has 0 radical (unpaired) electrons. The van der Waals surface area contributed by atoms with Crippen LogP contribution in [0.5, 0.6) is 0 Å². The van der Waals surface area contributed by atoms with E-state index < -0.39 is 0 Å². The summed E-state index contributed by atoms with van der Waals surface area (Å²) in [5.41, 5.74) is 8.49. The van der Waals surface area contributed by atoms with Gasteiger partial charge in [0.05, 0.1) is 5.69 Å². The van der Waals surface area contributed by atoms with E-state index in [0.29, 0.717) is 6.54 Å². The minimum atomic E-state index is 0.405. The van der Waals surface area contributed by atoms with Gasteiger partial charge in [-0.05, 0) is 11.6 Å². The Morgan fingerprint density at radius 3 is 2.69 bits per heavy atom. The zero-order valence-electron chi connectivity index (χ0n) is 9.17. The number of aryl methyl sites for hydroxylation is 1. The summed E-state index contributed by atoms with van der Waals surface area (Å²) < 4.78 is 1.72. The van der Waals surface area contributed by atoms with Crippen molar-refractivity contribution >= 4 is 12.2 Å². The van der Waals surface area contributed by atoms with Crippen LogP contribution in [0.1, 0.15) is 17.0 Å². The summed E-state index contributed by atoms with van der Waals surface area (Å²) in [6, 6.07) is 10.1. The second kappa shape index (κ2) is 4.72. The van der Waals surface area contributed by atoms with Gasteiger partial charge in [-0.25, -0.2) is 4.68 Å². The molecule has 0 spiro atoms. The molecule has 82 valence electrons. The molecule has 0 saturated heterocycles. The van der Waals surface area contributed by atoms with Crippen LogP contribution in [0.2, 0.25) is 0 Å². The highest BCUT2D eigenvalue weighted by Gasteiger charge is 2.04. The van der Waals surface area contributed by atoms with Crippen LogP contribution in [0.4, 0.5) is 0 Å². The van der Waals surface area contributed by atoms with Crippen LogP contribution >= 0.6 is 0 Å². The van der Waals surface area contributed by atoms with E-state index in [-0.39, 0.29) is 0 Å². The molecule has 2 rings (SSSR count). The number of hydrogen-bond acceptors (Lipinski definition) is 3. The molecule has 0 saturated carbocycles. The molecule has 0 aliphatic carbocycles. The second-order valence-corrected chi connectivity index (χ2v) is 3.49. The molecule has 0 aliphatic heterocycles. The van der Waals surface area contributed by atoms with Crippen LogP contribution in [0.3, 0.4) is 0 Å². The molecule has 2 N–H and O–H groups in total. The molecule has 0 aliphatic rings. The highest BCUT2D eigenvalue weighted by atomic mass is 15.4. The van der Waals surface area contributed by atoms with E-state index in [4.69, 9.17) is 5.73 Å². The average molecular weight is 214 g/mol. The number of benzene rings is 1. The van der Waals surface area contributed by atoms with Gasteiger partial charge in [0.15, 0.2) is 0 Å². The molecule has 0 fully saturated rings. The van der Waals surface area contributed by atoms with Gasteiger partial charge < -0.3 is 5.73 Å². The van der Waals surface area contributed by atoms with Gasteiger partial charge in [-0.15, -0.1) is 5.10 Å². The number of nitrogens with two attached hydrogens (primary N) is 1. The molecule has 2 aromatic rings. The third-order valence-electron chi connectivity index (χ3n) is 2.37. The van der Waals surface area contributed by atoms with E-state index >= 15 is 0 Å². The Hall–Kier alpha value is -1.94. The zero-order chi connectivity index (χ0) is 11.4. The maximum Gasteiger partial charge on any atom is 0.104 e. The summed E-state index contributed by atoms with van der Waals surface area (Å²) >= 11 is 0. The molecule has 1 aromatic carbocycles. The first-order chi connectivity index (χ1) is 7.81. The van der Waals surface area contributed by atoms with Crippen molar-refractivity contribution in [2.45, 2.75) is 6.54 Å². The minimum absolute atomic E-state index is 0.405. The average Bonchev–Trinajstić information content (AvgIpc) is 2.69. The number of rotatable bonds is 3. The third-order valence-corrected chi connectivity index (χ3v) is 2.37. The Bertz CT molecular complexity index is 485. The molecule has 0 atom stereocenters. The van der Waals surface area contributed by atoms with Crippen LogP contribution in [0.25, 0.3) is 12.2 Å². The Morgan fingerprint density at radius 2 is 2.00 bits per heavy atom. The SMILES string of the molecule is Cn1nnc(CN)c1/C=C/c1ccccc1. The highest BCUT2D eigenvalue weighted by molar-refractivity contribution is 5.68. The lowest BCUT2D eigenvalue weighted by Gasteiger charge is -1.96. The quantitative estimate of drug-likeness (QED) is 0.841. The molecular weight excluding hydrogens is 200 g/mol. The molecular formula is C12H14N4. The van der Waals surface area contributed by atoms with Crippen molar-refractivity contribution in [1.29, 1.82) is 0 Å². The maximum absolute atomic E-state index is 5.58. The van der Waals surface area contributed by atoms with E-state index in [0.717, 1.165) is 17.0 Å². The van der Waals surface area contributed by atoms with Gasteiger partial charge >= 0.3 is 0 Å². The van der Waals surface area contributed by atoms with Gasteiger partial charge in [-0.1, -0.05) is 41.6 Å². The van der Waals surface area contributed by atoms with Crippen molar-refractivity contribution in [3.63, 3.8) is 0 Å². The van der Waals surface area contributed by atoms with Crippen molar-refractivity contribution in [3.05, 3.63) is 47.3 Å². The zero-order valence-corrected chi connectivity index (χ0v) is 9.17. The predicted octanol–water partition coefficient (Wildman–Crippen LogP) is 1.44. The van der Waals surface area contributed by atoms with E-state index in [1.165, 1.54) is 0 Å². The standard InChI is InChI=1S/C12H14N4/c1-16-12(11(9-13)14-15-16)8-7-10-5-3-2-4-6-10/h2-8H,9,13H2,1H3/b8-7+. The van der Waals surface area contributed by atoms with Crippen LogP contribution in [-0.2, 0) is 13.6 Å². The number of hydrogen-bond donors (Lipinski definition) is 1. The van der Waals surface area contributed by atoms with Gasteiger partial charge in [0, 0.05) is 13.6 Å². The first-order valence-corrected chi connectivity index (χ1v) is 5.13. The lowest BCUT2D eigenvalue weighted by atomic mass is 10.2. The third kappa shape index (κ3) is 2.17. The van der Waals surface area contributed by atoms with E-state index in [9.17, 15) is 0 Å². The summed E-state index contributed by atoms with van der Waals surface area (Å²) in [4.78, 5) is 0. The first-order valence-electron chi connectivity index (χ1n) is 5.13. The lowest BCUT2D eigenvalue weighted by molar-refractivity contribution is 0.708. The fourth-order valence-corrected chi connectivity index (χ4v) is 1.50. The maximum atomic E-state index is 5.58. The topological polar surface area (TPSA) is 56.7 Å². The summed E-state index contributed by atoms with van der Waals surface area (Å²) in [7, 11) is 1.86. The van der Waals surface area contributed by atoms with Crippen molar-refractivity contribution in [3.8, 4) is 0 Å². The number of aromatic nitrogens is 3. The molecule has 0 bridgehead atoms. The van der Waals surface area contributed by atoms with Crippen LogP contribution < -0.4 is 5.73 Å². The largest absolute Gasteiger partial charge is 0.325 e. The summed E-state index contributed by atoms with van der Waals surface area (Å²) in [6.07, 6.45) is 4.01. The summed E-state index contributed by atoms with van der Waals surface area (Å²) in [5.74, 6) is 0. The van der Waals surface area contributed by atoms with Crippen molar-refractivity contribution < 1.29 is 0 Å². The van der Waals surface area contributed by atoms with Crippen LogP contribution in [-0.4, -0.2) is 15.0 Å². The van der Waals surface area contributed by atoms with E-state index in [2.05, 4.69) is 10.3 Å². The second-order valence-electron chi connectivity index (χ2n) is 3.49. The van der Waals surface area contributed by atoms with Gasteiger partial charge in [-0.3, -0.25) is 0 Å². The number of nitrogens with zero attached hydrogens (tertiary/aromatic N) is 3. The van der Waals surface area contributed by atoms with Gasteiger partial charge in [0.25, 0.3) is 0 Å². The Balaban J connectivity index is 2.27. The molecule has 0 unspecified atom stereocenters. The Kier molecular flexibility index (Phi) is 3.12. The van der Waals surface area contributed by atoms with Crippen molar-refractivity contribution in [2.75, 3.05) is 0 Å². The van der Waals surface area contributed by atoms with Gasteiger partial charge in [0.2, 0.25) is 0 Å². The normalized spacial score (nSPS) is 11.1. The van der Waals surface area contributed by atoms with Crippen molar-refractivity contribution in [2.24, 2.45) is 12.8 Å². The molecule has 0 amide bonds. The summed E-state index contributed by atoms with van der Waals surface area (Å²) in [5, 5.41) is 7.92. The van der Waals surface area contributed by atoms with Gasteiger partial charge in [-0.2, -0.15) is 0 Å². The Labute approximate surface area is 94.4 Å². The predicted molar refractivity (Wildman–Crippen MR) is 64.3 cm³/mol. The molecule has 16 heavy (non-hydrogen) atoms. The fraction of sp³-hybridized carbons (Fsp3) is 0.167. The van der Waals surface area contributed by atoms with Crippen LogP contribution in [0.15, 0.2) is 30.3 Å². The molecule has 1 heterocycles. The van der Waals surface area contributed by atoms with E-state index in [1.807, 2.05) is 49.5 Å². The van der Waals surface area contributed by atoms with Crippen LogP contribution in [0, 0.1) is 0 Å². The molecule has 4 nitrogen and oxygen atoms in total. The Morgan fingerprint density at radius 1 is 1.25 bits per heavy atom. The lowest BCUT2D eigenvalue weighted by Crippen LogP contribution is -2.00.